The summed E-state index contributed by atoms with van der Waals surface area (Å²) in [6.45, 7) is 0.539. The molecule has 1 saturated heterocycles. The van der Waals surface area contributed by atoms with E-state index >= 15 is 0 Å². The Bertz CT molecular complexity index is 429. The summed E-state index contributed by atoms with van der Waals surface area (Å²) in [6.07, 6.45) is 2.28. The maximum absolute atomic E-state index is 11.5. The standard InChI is InChI=1S/C8H9BrN2O2S/c9-7-2-3-8(10-6-7)11-4-1-5-14(11,12)13/h2-3,6H,1,4-5H2. The van der Waals surface area contributed by atoms with E-state index in [-0.39, 0.29) is 5.75 Å². The molecule has 1 aliphatic heterocycles. The van der Waals surface area contributed by atoms with Crippen molar-refractivity contribution in [2.24, 2.45) is 0 Å². The number of hydrogen-bond donors (Lipinski definition) is 0. The zero-order chi connectivity index (χ0) is 10.2. The molecule has 0 aliphatic carbocycles. The van der Waals surface area contributed by atoms with Gasteiger partial charge in [0.1, 0.15) is 5.82 Å². The summed E-state index contributed by atoms with van der Waals surface area (Å²) in [5.74, 6) is 0.732. The van der Waals surface area contributed by atoms with Crippen molar-refractivity contribution in [1.82, 2.24) is 4.98 Å². The third-order valence-corrected chi connectivity index (χ3v) is 4.38. The van der Waals surface area contributed by atoms with Crippen molar-refractivity contribution in [3.8, 4) is 0 Å². The summed E-state index contributed by atoms with van der Waals surface area (Å²) in [4.78, 5) is 4.06. The first-order valence-corrected chi connectivity index (χ1v) is 6.62. The molecule has 76 valence electrons. The summed E-state index contributed by atoms with van der Waals surface area (Å²) in [5, 5.41) is 0. The molecule has 0 unspecified atom stereocenters. The Balaban J connectivity index is 2.36. The molecular formula is C8H9BrN2O2S. The van der Waals surface area contributed by atoms with Crippen LogP contribution >= 0.6 is 15.9 Å². The van der Waals surface area contributed by atoms with E-state index in [1.807, 2.05) is 0 Å². The molecule has 0 atom stereocenters. The smallest absolute Gasteiger partial charge is 0.236 e. The molecule has 0 amide bonds. The van der Waals surface area contributed by atoms with E-state index in [2.05, 4.69) is 20.9 Å². The topological polar surface area (TPSA) is 50.3 Å². The molecule has 0 N–H and O–H groups in total. The first-order valence-electron chi connectivity index (χ1n) is 4.21. The lowest BCUT2D eigenvalue weighted by molar-refractivity contribution is 0.599. The number of hydrogen-bond acceptors (Lipinski definition) is 3. The van der Waals surface area contributed by atoms with Crippen LogP contribution in [0.4, 0.5) is 5.82 Å². The monoisotopic (exact) mass is 276 g/mol. The molecule has 1 aliphatic rings. The number of halogens is 1. The number of pyridine rings is 1. The molecule has 14 heavy (non-hydrogen) atoms. The van der Waals surface area contributed by atoms with Crippen molar-refractivity contribution < 1.29 is 8.42 Å². The molecule has 0 bridgehead atoms. The molecular weight excluding hydrogens is 268 g/mol. The molecule has 4 nitrogen and oxygen atoms in total. The minimum absolute atomic E-state index is 0.227. The molecule has 0 aromatic carbocycles. The second-order valence-corrected chi connectivity index (χ2v) is 6.00. The molecule has 1 aromatic heterocycles. The summed E-state index contributed by atoms with van der Waals surface area (Å²) in [6, 6.07) is 3.49. The molecule has 0 saturated carbocycles. The van der Waals surface area contributed by atoms with E-state index in [1.165, 1.54) is 4.31 Å². The molecule has 2 heterocycles. The van der Waals surface area contributed by atoms with Gasteiger partial charge in [-0.15, -0.1) is 0 Å². The van der Waals surface area contributed by atoms with Crippen molar-refractivity contribution in [2.75, 3.05) is 16.6 Å². The van der Waals surface area contributed by atoms with Gasteiger partial charge in [-0.2, -0.15) is 0 Å². The molecule has 2 rings (SSSR count). The van der Waals surface area contributed by atoms with Crippen LogP contribution in [-0.2, 0) is 10.0 Å². The van der Waals surface area contributed by atoms with E-state index in [9.17, 15) is 8.42 Å². The maximum Gasteiger partial charge on any atom is 0.236 e. The van der Waals surface area contributed by atoms with E-state index < -0.39 is 10.0 Å². The van der Waals surface area contributed by atoms with E-state index in [4.69, 9.17) is 0 Å². The summed E-state index contributed by atoms with van der Waals surface area (Å²) < 4.78 is 25.2. The minimum atomic E-state index is -3.10. The zero-order valence-electron chi connectivity index (χ0n) is 7.35. The Morgan fingerprint density at radius 1 is 1.43 bits per heavy atom. The second-order valence-electron chi connectivity index (χ2n) is 3.08. The normalized spacial score (nSPS) is 19.9. The van der Waals surface area contributed by atoms with Gasteiger partial charge in [-0.1, -0.05) is 0 Å². The zero-order valence-corrected chi connectivity index (χ0v) is 9.75. The average Bonchev–Trinajstić information content (AvgIpc) is 2.47. The van der Waals surface area contributed by atoms with Crippen LogP contribution in [0.2, 0.25) is 0 Å². The maximum atomic E-state index is 11.5. The predicted molar refractivity (Wildman–Crippen MR) is 57.7 cm³/mol. The highest BCUT2D eigenvalue weighted by Gasteiger charge is 2.28. The van der Waals surface area contributed by atoms with Crippen molar-refractivity contribution in [3.63, 3.8) is 0 Å². The Morgan fingerprint density at radius 2 is 2.21 bits per heavy atom. The van der Waals surface area contributed by atoms with Gasteiger partial charge >= 0.3 is 0 Å². The second kappa shape index (κ2) is 3.51. The summed E-state index contributed by atoms with van der Waals surface area (Å²) in [7, 11) is -3.10. The average molecular weight is 277 g/mol. The minimum Gasteiger partial charge on any atom is -0.254 e. The highest BCUT2D eigenvalue weighted by Crippen LogP contribution is 2.22. The first-order chi connectivity index (χ1) is 6.59. The van der Waals surface area contributed by atoms with Crippen LogP contribution in [-0.4, -0.2) is 25.7 Å². The fourth-order valence-electron chi connectivity index (χ4n) is 1.41. The Morgan fingerprint density at radius 3 is 2.71 bits per heavy atom. The highest BCUT2D eigenvalue weighted by molar-refractivity contribution is 9.10. The largest absolute Gasteiger partial charge is 0.254 e. The fraction of sp³-hybridized carbons (Fsp3) is 0.375. The predicted octanol–water partition coefficient (Wildman–Crippen LogP) is 1.38. The van der Waals surface area contributed by atoms with Gasteiger partial charge in [-0.3, -0.25) is 4.31 Å². The third kappa shape index (κ3) is 1.76. The SMILES string of the molecule is O=S1(=O)CCCN1c1ccc(Br)cn1. The Labute approximate surface area is 91.1 Å². The van der Waals surface area contributed by atoms with Gasteiger partial charge in [-0.05, 0) is 34.5 Å². The highest BCUT2D eigenvalue weighted by atomic mass is 79.9. The van der Waals surface area contributed by atoms with Gasteiger partial charge in [-0.25, -0.2) is 13.4 Å². The van der Waals surface area contributed by atoms with Crippen LogP contribution in [0.5, 0.6) is 0 Å². The fourth-order valence-corrected chi connectivity index (χ4v) is 3.16. The van der Waals surface area contributed by atoms with Crippen LogP contribution in [0.3, 0.4) is 0 Å². The third-order valence-electron chi connectivity index (χ3n) is 2.07. The molecule has 1 fully saturated rings. The summed E-state index contributed by atoms with van der Waals surface area (Å²) in [5.41, 5.74) is 0. The van der Waals surface area contributed by atoms with Crippen molar-refractivity contribution >= 4 is 31.8 Å². The van der Waals surface area contributed by atoms with Crippen LogP contribution in [0.25, 0.3) is 0 Å². The Kier molecular flexibility index (Phi) is 2.48. The number of rotatable bonds is 1. The lowest BCUT2D eigenvalue weighted by Gasteiger charge is -2.14. The van der Waals surface area contributed by atoms with Gasteiger partial charge in [0.2, 0.25) is 10.0 Å². The van der Waals surface area contributed by atoms with Gasteiger partial charge in [0.05, 0.1) is 5.75 Å². The lowest BCUT2D eigenvalue weighted by atomic mass is 10.4. The van der Waals surface area contributed by atoms with Crippen molar-refractivity contribution in [3.05, 3.63) is 22.8 Å². The van der Waals surface area contributed by atoms with E-state index in [1.54, 1.807) is 18.3 Å². The van der Waals surface area contributed by atoms with Crippen LogP contribution in [0.1, 0.15) is 6.42 Å². The van der Waals surface area contributed by atoms with Crippen molar-refractivity contribution in [2.45, 2.75) is 6.42 Å². The number of anilines is 1. The van der Waals surface area contributed by atoms with Gasteiger partial charge in [0, 0.05) is 17.2 Å². The van der Waals surface area contributed by atoms with Crippen LogP contribution in [0.15, 0.2) is 22.8 Å². The molecule has 6 heteroatoms. The van der Waals surface area contributed by atoms with Gasteiger partial charge in [0.25, 0.3) is 0 Å². The molecule has 1 aromatic rings. The number of sulfonamides is 1. The van der Waals surface area contributed by atoms with E-state index in [0.717, 1.165) is 4.47 Å². The molecule has 0 spiro atoms. The first kappa shape index (κ1) is 9.92. The Hall–Kier alpha value is -0.620. The number of aromatic nitrogens is 1. The van der Waals surface area contributed by atoms with Gasteiger partial charge in [0.15, 0.2) is 0 Å². The van der Waals surface area contributed by atoms with Gasteiger partial charge < -0.3 is 0 Å². The quantitative estimate of drug-likeness (QED) is 0.779. The van der Waals surface area contributed by atoms with Crippen LogP contribution < -0.4 is 4.31 Å². The lowest BCUT2D eigenvalue weighted by Crippen LogP contribution is -2.25. The number of nitrogens with zero attached hydrogens (tertiary/aromatic N) is 2. The van der Waals surface area contributed by atoms with E-state index in [0.29, 0.717) is 18.8 Å². The molecule has 0 radical (unpaired) electrons. The summed E-state index contributed by atoms with van der Waals surface area (Å²) >= 11 is 3.25. The van der Waals surface area contributed by atoms with Crippen LogP contribution in [0, 0.1) is 0 Å². The van der Waals surface area contributed by atoms with Crippen molar-refractivity contribution in [1.29, 1.82) is 0 Å².